The summed E-state index contributed by atoms with van der Waals surface area (Å²) < 4.78 is 22.4. The third-order valence-electron chi connectivity index (χ3n) is 8.35. The van der Waals surface area contributed by atoms with Crippen molar-refractivity contribution in [2.75, 3.05) is 26.1 Å². The lowest BCUT2D eigenvalue weighted by atomic mass is 9.31. The summed E-state index contributed by atoms with van der Waals surface area (Å²) in [7, 11) is 4.78. The van der Waals surface area contributed by atoms with Gasteiger partial charge in [-0.25, -0.2) is 9.97 Å². The Morgan fingerprint density at radius 2 is 1.79 bits per heavy atom. The van der Waals surface area contributed by atoms with E-state index in [4.69, 9.17) is 30.9 Å². The van der Waals surface area contributed by atoms with E-state index in [1.807, 2.05) is 11.5 Å². The lowest BCUT2D eigenvalue weighted by molar-refractivity contribution is -0.00648. The molecule has 6 unspecified atom stereocenters. The molecule has 1 saturated carbocycles. The van der Waals surface area contributed by atoms with Crippen LogP contribution >= 0.6 is 23.5 Å². The minimum atomic E-state index is -0.384. The molecule has 6 atom stereocenters. The first-order chi connectivity index (χ1) is 18.3. The molecule has 200 valence electrons. The molecule has 3 aromatic heterocycles. The molecule has 0 saturated heterocycles. The average Bonchev–Trinajstić information content (AvgIpc) is 3.34. The molecule has 0 aromatic carbocycles. The van der Waals surface area contributed by atoms with Crippen LogP contribution in [0.2, 0.25) is 5.02 Å². The van der Waals surface area contributed by atoms with Gasteiger partial charge in [-0.3, -0.25) is 9.29 Å². The molecule has 38 heavy (non-hydrogen) atoms. The van der Waals surface area contributed by atoms with Gasteiger partial charge in [-0.05, 0) is 43.0 Å². The highest BCUT2D eigenvalue weighted by Crippen LogP contribution is 2.76. The lowest BCUT2D eigenvalue weighted by Crippen LogP contribution is -2.68. The quantitative estimate of drug-likeness (QED) is 0.285. The van der Waals surface area contributed by atoms with Crippen molar-refractivity contribution in [1.29, 1.82) is 0 Å². The smallest absolute Gasteiger partial charge is 0.245 e. The van der Waals surface area contributed by atoms with Gasteiger partial charge in [0.1, 0.15) is 18.3 Å². The van der Waals surface area contributed by atoms with Crippen molar-refractivity contribution >= 4 is 29.5 Å². The first-order valence-electron chi connectivity index (χ1n) is 12.4. The van der Waals surface area contributed by atoms with Gasteiger partial charge in [0.05, 0.1) is 24.5 Å². The van der Waals surface area contributed by atoms with Crippen molar-refractivity contribution in [3.63, 3.8) is 0 Å². The van der Waals surface area contributed by atoms with Crippen molar-refractivity contribution in [2.24, 2.45) is 17.8 Å². The van der Waals surface area contributed by atoms with Gasteiger partial charge in [-0.15, -0.1) is 10.2 Å². The summed E-state index contributed by atoms with van der Waals surface area (Å²) in [5, 5.41) is 9.73. The molecule has 3 heterocycles. The van der Waals surface area contributed by atoms with Crippen molar-refractivity contribution in [3.05, 3.63) is 46.5 Å². The van der Waals surface area contributed by atoms with Gasteiger partial charge in [0, 0.05) is 24.9 Å². The highest BCUT2D eigenvalue weighted by atomic mass is 35.5. The van der Waals surface area contributed by atoms with E-state index in [2.05, 4.69) is 43.6 Å². The molecule has 1 fully saturated rings. The number of hydrogen-bond acceptors (Lipinski definition) is 11. The number of methoxy groups -OCH3 is 3. The van der Waals surface area contributed by atoms with Gasteiger partial charge in [0.2, 0.25) is 17.7 Å². The first-order valence-corrected chi connectivity index (χ1v) is 13.6. The summed E-state index contributed by atoms with van der Waals surface area (Å²) in [5.74, 6) is 4.13. The number of halogens is 1. The minimum absolute atomic E-state index is 0.0970. The summed E-state index contributed by atoms with van der Waals surface area (Å²) in [4.78, 5) is 17.4. The maximum atomic E-state index is 5.97. The van der Waals surface area contributed by atoms with E-state index in [1.54, 1.807) is 44.9 Å². The molecule has 3 aliphatic carbocycles. The van der Waals surface area contributed by atoms with Crippen molar-refractivity contribution in [1.82, 2.24) is 34.7 Å². The Bertz CT molecular complexity index is 1390. The van der Waals surface area contributed by atoms with E-state index in [9.17, 15) is 0 Å². The molecular weight excluding hydrogens is 528 g/mol. The molecule has 6 rings (SSSR count). The number of nitrogens with zero attached hydrogens (tertiary/aromatic N) is 7. The third-order valence-corrected chi connectivity index (χ3v) is 9.46. The molecule has 0 aliphatic heterocycles. The van der Waals surface area contributed by atoms with E-state index in [0.29, 0.717) is 52.0 Å². The van der Waals surface area contributed by atoms with Gasteiger partial charge >= 0.3 is 0 Å². The normalized spacial score (nSPS) is 26.4. The molecule has 11 nitrogen and oxygen atoms in total. The zero-order valence-electron chi connectivity index (χ0n) is 22.0. The largest absolute Gasteiger partial charge is 0.479 e. The SMILES string of the molecule is COc1ncnc(OC)c1-n1c(NSC(C)C(OC)c2ncc(Cl)cn2)nnc1C1(C)C2CC3=C2C1C3C. The highest BCUT2D eigenvalue weighted by Gasteiger charge is 2.71. The van der Waals surface area contributed by atoms with E-state index < -0.39 is 0 Å². The molecule has 0 bridgehead atoms. The first kappa shape index (κ1) is 25.3. The Kier molecular flexibility index (Phi) is 6.23. The van der Waals surface area contributed by atoms with Gasteiger partial charge in [-0.1, -0.05) is 36.6 Å². The predicted octanol–water partition coefficient (Wildman–Crippen LogP) is 4.21. The fraction of sp³-hybridized carbons (Fsp3) is 0.520. The fourth-order valence-corrected chi connectivity index (χ4v) is 7.38. The summed E-state index contributed by atoms with van der Waals surface area (Å²) in [6, 6.07) is 0. The number of nitrogens with one attached hydrogen (secondary N) is 1. The number of anilines is 1. The minimum Gasteiger partial charge on any atom is -0.479 e. The van der Waals surface area contributed by atoms with Crippen LogP contribution in [0.4, 0.5) is 5.95 Å². The number of ether oxygens (including phenoxy) is 3. The zero-order chi connectivity index (χ0) is 26.8. The Balaban J connectivity index is 1.37. The summed E-state index contributed by atoms with van der Waals surface area (Å²) in [5.41, 5.74) is 3.63. The molecule has 1 N–H and O–H groups in total. The van der Waals surface area contributed by atoms with Gasteiger partial charge in [0.25, 0.3) is 0 Å². The molecule has 13 heteroatoms. The van der Waals surface area contributed by atoms with Crippen LogP contribution in [0.5, 0.6) is 11.8 Å². The summed E-state index contributed by atoms with van der Waals surface area (Å²) in [6.45, 7) is 6.62. The second kappa shape index (κ2) is 9.35. The van der Waals surface area contributed by atoms with Crippen molar-refractivity contribution in [2.45, 2.75) is 44.0 Å². The van der Waals surface area contributed by atoms with Gasteiger partial charge < -0.3 is 14.2 Å². The third kappa shape index (κ3) is 3.46. The number of allylic oxidation sites excluding steroid dienone is 2. The summed E-state index contributed by atoms with van der Waals surface area (Å²) >= 11 is 7.40. The summed E-state index contributed by atoms with van der Waals surface area (Å²) in [6.07, 6.45) is 5.27. The van der Waals surface area contributed by atoms with Crippen LogP contribution in [0.1, 0.15) is 44.9 Å². The zero-order valence-corrected chi connectivity index (χ0v) is 23.5. The number of rotatable bonds is 10. The van der Waals surface area contributed by atoms with Crippen LogP contribution in [0.25, 0.3) is 5.69 Å². The second-order valence-electron chi connectivity index (χ2n) is 10.1. The molecular formula is C25H29ClN8O3S. The van der Waals surface area contributed by atoms with Crippen LogP contribution in [-0.2, 0) is 10.2 Å². The number of aromatic nitrogens is 7. The van der Waals surface area contributed by atoms with Crippen molar-refractivity contribution < 1.29 is 14.2 Å². The number of hydrogen-bond donors (Lipinski definition) is 1. The molecule has 3 aliphatic rings. The Hall–Kier alpha value is -2.96. The van der Waals surface area contributed by atoms with Crippen molar-refractivity contribution in [3.8, 4) is 17.4 Å². The monoisotopic (exact) mass is 556 g/mol. The van der Waals surface area contributed by atoms with E-state index >= 15 is 0 Å². The van der Waals surface area contributed by atoms with E-state index in [1.165, 1.54) is 18.3 Å². The Morgan fingerprint density at radius 3 is 2.37 bits per heavy atom. The van der Waals surface area contributed by atoms with Crippen LogP contribution in [0.3, 0.4) is 0 Å². The predicted molar refractivity (Wildman–Crippen MR) is 143 cm³/mol. The molecule has 0 radical (unpaired) electrons. The second-order valence-corrected chi connectivity index (χ2v) is 11.7. The van der Waals surface area contributed by atoms with Gasteiger partial charge in [0.15, 0.2) is 11.5 Å². The molecule has 0 spiro atoms. The molecule has 3 aromatic rings. The van der Waals surface area contributed by atoms with E-state index in [0.717, 1.165) is 12.2 Å². The van der Waals surface area contributed by atoms with Gasteiger partial charge in [-0.2, -0.15) is 9.97 Å². The highest BCUT2D eigenvalue weighted by molar-refractivity contribution is 8.01. The maximum Gasteiger partial charge on any atom is 0.245 e. The van der Waals surface area contributed by atoms with Crippen LogP contribution < -0.4 is 14.2 Å². The fourth-order valence-electron chi connectivity index (χ4n) is 6.50. The Morgan fingerprint density at radius 1 is 1.11 bits per heavy atom. The molecule has 0 amide bonds. The standard InChI is InChI=1S/C25H29ClN8O3S/c1-11-14-7-15-16(14)17(11)25(15,3)23-31-32-24(34(23)18-21(36-5)29-10-30-22(18)37-6)33-38-12(2)19(35-4)20-27-8-13(26)9-28-20/h8-12,15,17,19H,7H2,1-6H3,(H,32,33). The van der Waals surface area contributed by atoms with Crippen LogP contribution in [-0.4, -0.2) is 61.3 Å². The lowest BCUT2D eigenvalue weighted by Gasteiger charge is -2.72. The van der Waals surface area contributed by atoms with Crippen LogP contribution in [0, 0.1) is 17.8 Å². The van der Waals surface area contributed by atoms with E-state index in [-0.39, 0.29) is 16.8 Å². The maximum absolute atomic E-state index is 5.97. The Labute approximate surface area is 229 Å². The average molecular weight is 557 g/mol. The topological polar surface area (TPSA) is 122 Å². The van der Waals surface area contributed by atoms with Crippen LogP contribution in [0.15, 0.2) is 29.9 Å².